The van der Waals surface area contributed by atoms with Gasteiger partial charge in [0.15, 0.2) is 5.13 Å². The molecule has 7 nitrogen and oxygen atoms in total. The lowest BCUT2D eigenvalue weighted by Gasteiger charge is -2.18. The van der Waals surface area contributed by atoms with E-state index in [-0.39, 0.29) is 0 Å². The number of ether oxygens (including phenoxy) is 2. The van der Waals surface area contributed by atoms with Crippen molar-refractivity contribution in [3.63, 3.8) is 0 Å². The first-order chi connectivity index (χ1) is 13.2. The van der Waals surface area contributed by atoms with E-state index in [0.29, 0.717) is 32.5 Å². The maximum absolute atomic E-state index is 12.1. The number of carbonyl (C=O) groups excluding carboxylic acids is 1. The van der Waals surface area contributed by atoms with Gasteiger partial charge >= 0.3 is 6.09 Å². The molecule has 0 saturated heterocycles. The Morgan fingerprint density at radius 2 is 2.00 bits per heavy atom. The van der Waals surface area contributed by atoms with Gasteiger partial charge in [0.25, 0.3) is 0 Å². The molecule has 0 bridgehead atoms. The minimum atomic E-state index is -0.616. The largest absolute Gasteiger partial charge is 0.444 e. The van der Waals surface area contributed by atoms with Crippen LogP contribution in [0.3, 0.4) is 0 Å². The Morgan fingerprint density at radius 3 is 2.68 bits per heavy atom. The van der Waals surface area contributed by atoms with Crippen LogP contribution in [0, 0.1) is 6.92 Å². The van der Waals surface area contributed by atoms with Crippen molar-refractivity contribution in [3.8, 4) is 22.2 Å². The number of thiazole rings is 1. The molecule has 0 aliphatic rings. The number of carbonyl (C=O) groups is 1. The quantitative estimate of drug-likeness (QED) is 0.547. The molecule has 3 aromatic rings. The molecular formula is C19H19ClN4O3S. The zero-order valence-corrected chi connectivity index (χ0v) is 17.4. The number of rotatable bonds is 4. The fourth-order valence-corrected chi connectivity index (χ4v) is 3.21. The Morgan fingerprint density at radius 1 is 1.21 bits per heavy atom. The van der Waals surface area contributed by atoms with Gasteiger partial charge in [0.2, 0.25) is 5.06 Å². The number of nitrogens with zero attached hydrogens (tertiary/aromatic N) is 3. The topological polar surface area (TPSA) is 86.2 Å². The zero-order chi connectivity index (χ0) is 20.3. The average Bonchev–Trinajstić information content (AvgIpc) is 2.95. The van der Waals surface area contributed by atoms with Gasteiger partial charge in [-0.15, -0.1) is 0 Å². The molecule has 0 aliphatic heterocycles. The summed E-state index contributed by atoms with van der Waals surface area (Å²) in [5, 5.41) is 3.75. The molecule has 3 aromatic heterocycles. The van der Waals surface area contributed by atoms with Gasteiger partial charge in [-0.2, -0.15) is 0 Å². The Bertz CT molecular complexity index is 1000. The highest BCUT2D eigenvalue weighted by atomic mass is 35.5. The van der Waals surface area contributed by atoms with Gasteiger partial charge in [-0.25, -0.2) is 14.8 Å². The van der Waals surface area contributed by atoms with E-state index in [2.05, 4.69) is 20.3 Å². The van der Waals surface area contributed by atoms with Crippen LogP contribution in [0.25, 0.3) is 11.4 Å². The van der Waals surface area contributed by atoms with E-state index < -0.39 is 11.7 Å². The van der Waals surface area contributed by atoms with Crippen molar-refractivity contribution >= 4 is 34.2 Å². The first-order valence-electron chi connectivity index (χ1n) is 8.44. The first-order valence-corrected chi connectivity index (χ1v) is 9.63. The van der Waals surface area contributed by atoms with Gasteiger partial charge in [0.1, 0.15) is 22.2 Å². The van der Waals surface area contributed by atoms with Gasteiger partial charge in [-0.1, -0.05) is 29.0 Å². The Labute approximate surface area is 171 Å². The molecule has 146 valence electrons. The summed E-state index contributed by atoms with van der Waals surface area (Å²) in [6, 6.07) is 8.87. The van der Waals surface area contributed by atoms with Crippen molar-refractivity contribution in [2.24, 2.45) is 0 Å². The summed E-state index contributed by atoms with van der Waals surface area (Å²) in [6.07, 6.45) is 0.951. The van der Waals surface area contributed by atoms with E-state index in [1.807, 2.05) is 25.1 Å². The molecule has 9 heteroatoms. The molecule has 1 N–H and O–H groups in total. The zero-order valence-electron chi connectivity index (χ0n) is 15.8. The minimum Gasteiger partial charge on any atom is -0.444 e. The molecule has 0 aliphatic carbocycles. The van der Waals surface area contributed by atoms with Crippen molar-refractivity contribution in [2.45, 2.75) is 33.3 Å². The number of aromatic nitrogens is 3. The highest BCUT2D eigenvalue weighted by Crippen LogP contribution is 2.40. The van der Waals surface area contributed by atoms with Gasteiger partial charge in [0.05, 0.1) is 5.69 Å². The van der Waals surface area contributed by atoms with Crippen LogP contribution in [0.5, 0.6) is 10.8 Å². The van der Waals surface area contributed by atoms with Crippen molar-refractivity contribution in [1.29, 1.82) is 0 Å². The Kier molecular flexibility index (Phi) is 5.81. The van der Waals surface area contributed by atoms with E-state index in [9.17, 15) is 4.79 Å². The highest BCUT2D eigenvalue weighted by molar-refractivity contribution is 7.18. The maximum Gasteiger partial charge on any atom is 0.413 e. The summed E-state index contributed by atoms with van der Waals surface area (Å²) in [4.78, 5) is 25.0. The van der Waals surface area contributed by atoms with Gasteiger partial charge in [0, 0.05) is 18.0 Å². The number of aryl methyl sites for hydroxylation is 1. The van der Waals surface area contributed by atoms with Gasteiger partial charge < -0.3 is 9.47 Å². The maximum atomic E-state index is 12.1. The third-order valence-corrected chi connectivity index (χ3v) is 4.30. The fourth-order valence-electron chi connectivity index (χ4n) is 2.21. The number of hydrogen-bond acceptors (Lipinski definition) is 7. The lowest BCUT2D eigenvalue weighted by atomic mass is 10.2. The van der Waals surface area contributed by atoms with Gasteiger partial charge in [-0.05, 0) is 45.9 Å². The van der Waals surface area contributed by atoms with E-state index in [4.69, 9.17) is 21.1 Å². The van der Waals surface area contributed by atoms with Crippen LogP contribution in [-0.2, 0) is 4.74 Å². The second-order valence-corrected chi connectivity index (χ2v) is 8.21. The monoisotopic (exact) mass is 418 g/mol. The summed E-state index contributed by atoms with van der Waals surface area (Å²) in [5.74, 6) is 0.501. The van der Waals surface area contributed by atoms with Crippen LogP contribution in [-0.4, -0.2) is 26.6 Å². The van der Waals surface area contributed by atoms with E-state index in [1.165, 1.54) is 11.3 Å². The molecule has 0 saturated carbocycles. The fraction of sp³-hybridized carbons (Fsp3) is 0.263. The average molecular weight is 419 g/mol. The predicted octanol–water partition coefficient (Wildman–Crippen LogP) is 5.70. The lowest BCUT2D eigenvalue weighted by molar-refractivity contribution is 0.0636. The number of anilines is 1. The highest BCUT2D eigenvalue weighted by Gasteiger charge is 2.21. The molecule has 0 aromatic carbocycles. The van der Waals surface area contributed by atoms with Crippen molar-refractivity contribution < 1.29 is 14.3 Å². The lowest BCUT2D eigenvalue weighted by Crippen LogP contribution is -2.27. The molecular weight excluding hydrogens is 400 g/mol. The van der Waals surface area contributed by atoms with E-state index in [0.717, 1.165) is 5.69 Å². The number of halogens is 1. The number of nitrogens with one attached hydrogen (secondary N) is 1. The summed E-state index contributed by atoms with van der Waals surface area (Å²) in [7, 11) is 0. The van der Waals surface area contributed by atoms with E-state index >= 15 is 0 Å². The molecule has 28 heavy (non-hydrogen) atoms. The minimum absolute atomic E-state index is 0.310. The van der Waals surface area contributed by atoms with Crippen LogP contribution in [0.4, 0.5) is 9.93 Å². The molecule has 1 amide bonds. The second kappa shape index (κ2) is 8.12. The molecule has 0 atom stereocenters. The van der Waals surface area contributed by atoms with Crippen molar-refractivity contribution in [3.05, 3.63) is 47.4 Å². The van der Waals surface area contributed by atoms with Crippen molar-refractivity contribution in [2.75, 3.05) is 5.32 Å². The summed E-state index contributed by atoms with van der Waals surface area (Å²) < 4.78 is 11.2. The normalized spacial score (nSPS) is 11.2. The standard InChI is InChI=1S/C19H19ClN4O3S/c1-11-6-5-7-13(22-11)15-16(26-12-8-9-21-14(20)10-12)28-17(23-15)24-18(25)27-19(2,3)4/h5-10H,1-4H3,(H,23,24,25). The summed E-state index contributed by atoms with van der Waals surface area (Å²) in [6.45, 7) is 7.26. The third-order valence-electron chi connectivity index (χ3n) is 3.24. The molecule has 0 radical (unpaired) electrons. The van der Waals surface area contributed by atoms with Crippen LogP contribution in [0.1, 0.15) is 26.5 Å². The summed E-state index contributed by atoms with van der Waals surface area (Å²) >= 11 is 7.10. The van der Waals surface area contributed by atoms with Crippen molar-refractivity contribution in [1.82, 2.24) is 15.0 Å². The summed E-state index contributed by atoms with van der Waals surface area (Å²) in [5.41, 5.74) is 1.36. The third kappa shape index (κ3) is 5.40. The molecule has 0 spiro atoms. The Hall–Kier alpha value is -2.71. The predicted molar refractivity (Wildman–Crippen MR) is 109 cm³/mol. The molecule has 0 fully saturated rings. The number of pyridine rings is 2. The van der Waals surface area contributed by atoms with Gasteiger partial charge in [-0.3, -0.25) is 10.3 Å². The van der Waals surface area contributed by atoms with Crippen LogP contribution < -0.4 is 10.1 Å². The van der Waals surface area contributed by atoms with E-state index in [1.54, 1.807) is 39.1 Å². The Balaban J connectivity index is 1.94. The van der Waals surface area contributed by atoms with Crippen LogP contribution in [0.15, 0.2) is 36.5 Å². The van der Waals surface area contributed by atoms with Crippen LogP contribution >= 0.6 is 22.9 Å². The van der Waals surface area contributed by atoms with Crippen LogP contribution in [0.2, 0.25) is 5.15 Å². The molecule has 3 rings (SSSR count). The number of hydrogen-bond donors (Lipinski definition) is 1. The SMILES string of the molecule is Cc1cccc(-c2nc(NC(=O)OC(C)(C)C)sc2Oc2ccnc(Cl)c2)n1. The number of amides is 1. The smallest absolute Gasteiger partial charge is 0.413 e. The molecule has 0 unspecified atom stereocenters. The molecule has 3 heterocycles. The first kappa shape index (κ1) is 20.0. The second-order valence-electron chi connectivity index (χ2n) is 6.86.